The van der Waals surface area contributed by atoms with Crippen LogP contribution in [-0.4, -0.2) is 27.2 Å². The first-order chi connectivity index (χ1) is 15.2. The number of carbonyl (C=O) groups is 1. The third-order valence-electron chi connectivity index (χ3n) is 5.75. The van der Waals surface area contributed by atoms with Crippen molar-refractivity contribution in [2.45, 2.75) is 47.6 Å². The lowest BCUT2D eigenvalue weighted by Crippen LogP contribution is -2.35. The molecule has 166 valence electrons. The van der Waals surface area contributed by atoms with Gasteiger partial charge in [0.25, 0.3) is 0 Å². The highest BCUT2D eigenvalue weighted by molar-refractivity contribution is 7.22. The predicted molar refractivity (Wildman–Crippen MR) is 133 cm³/mol. The monoisotopic (exact) mass is 466 g/mol. The maximum Gasteiger partial charge on any atom is 0.233 e. The fraction of sp³-hybridized carbons (Fsp3) is 0.320. The van der Waals surface area contributed by atoms with Crippen LogP contribution in [0.25, 0.3) is 10.2 Å². The number of amides is 1. The zero-order valence-corrected chi connectivity index (χ0v) is 20.6. The van der Waals surface area contributed by atoms with E-state index in [4.69, 9.17) is 16.6 Å². The fourth-order valence-corrected chi connectivity index (χ4v) is 5.10. The number of anilines is 1. The Bertz CT molecular complexity index is 1310. The maximum atomic E-state index is 13.6. The zero-order valence-electron chi connectivity index (χ0n) is 19.1. The molecule has 0 saturated carbocycles. The second-order valence-electron chi connectivity index (χ2n) is 8.32. The molecule has 32 heavy (non-hydrogen) atoms. The largest absolute Gasteiger partial charge is 0.286 e. The van der Waals surface area contributed by atoms with Crippen LogP contribution in [0.4, 0.5) is 5.13 Å². The minimum atomic E-state index is 0.0306. The second kappa shape index (κ2) is 9.04. The summed E-state index contributed by atoms with van der Waals surface area (Å²) in [5, 5.41) is 5.94. The van der Waals surface area contributed by atoms with Crippen LogP contribution in [0.1, 0.15) is 33.6 Å². The van der Waals surface area contributed by atoms with Crippen LogP contribution in [0, 0.1) is 34.6 Å². The lowest BCUT2D eigenvalue weighted by Gasteiger charge is -2.21. The normalized spacial score (nSPS) is 11.3. The summed E-state index contributed by atoms with van der Waals surface area (Å²) < 4.78 is 2.97. The summed E-state index contributed by atoms with van der Waals surface area (Å²) in [6.45, 7) is 11.2. The van der Waals surface area contributed by atoms with Gasteiger partial charge in [0, 0.05) is 17.3 Å². The zero-order chi connectivity index (χ0) is 23.0. The van der Waals surface area contributed by atoms with Gasteiger partial charge in [-0.3, -0.25) is 14.4 Å². The molecule has 0 aliphatic rings. The molecule has 4 aromatic rings. The van der Waals surface area contributed by atoms with Crippen molar-refractivity contribution >= 4 is 44.2 Å². The number of rotatable bonds is 6. The van der Waals surface area contributed by atoms with E-state index in [9.17, 15) is 4.79 Å². The molecular formula is C25H27ClN4OS. The van der Waals surface area contributed by atoms with Gasteiger partial charge in [0.15, 0.2) is 5.13 Å². The van der Waals surface area contributed by atoms with E-state index in [0.717, 1.165) is 43.9 Å². The molecule has 0 radical (unpaired) electrons. The van der Waals surface area contributed by atoms with Crippen molar-refractivity contribution in [3.05, 3.63) is 75.1 Å². The van der Waals surface area contributed by atoms with Crippen molar-refractivity contribution in [3.63, 3.8) is 0 Å². The van der Waals surface area contributed by atoms with E-state index >= 15 is 0 Å². The van der Waals surface area contributed by atoms with E-state index in [1.165, 1.54) is 11.3 Å². The van der Waals surface area contributed by atoms with Gasteiger partial charge in [0.1, 0.15) is 0 Å². The molecule has 1 amide bonds. The summed E-state index contributed by atoms with van der Waals surface area (Å²) in [5.74, 6) is 0.0306. The molecule has 0 fully saturated rings. The summed E-state index contributed by atoms with van der Waals surface area (Å²) >= 11 is 7.84. The van der Waals surface area contributed by atoms with Crippen LogP contribution in [0.15, 0.2) is 36.4 Å². The highest BCUT2D eigenvalue weighted by Gasteiger charge is 2.22. The van der Waals surface area contributed by atoms with Gasteiger partial charge in [-0.1, -0.05) is 46.7 Å². The average molecular weight is 467 g/mol. The van der Waals surface area contributed by atoms with Gasteiger partial charge in [-0.2, -0.15) is 5.10 Å². The van der Waals surface area contributed by atoms with Crippen molar-refractivity contribution in [3.8, 4) is 0 Å². The Morgan fingerprint density at radius 3 is 2.59 bits per heavy atom. The summed E-state index contributed by atoms with van der Waals surface area (Å²) in [5.41, 5.74) is 7.16. The number of aromatic nitrogens is 3. The van der Waals surface area contributed by atoms with Crippen LogP contribution >= 0.6 is 22.9 Å². The molecule has 2 heterocycles. The number of hydrogen-bond acceptors (Lipinski definition) is 4. The molecule has 0 N–H and O–H groups in total. The minimum absolute atomic E-state index is 0.0306. The summed E-state index contributed by atoms with van der Waals surface area (Å²) in [6.07, 6.45) is 0.334. The van der Waals surface area contributed by atoms with Crippen molar-refractivity contribution in [1.29, 1.82) is 0 Å². The molecule has 2 aromatic carbocycles. The van der Waals surface area contributed by atoms with Gasteiger partial charge in [-0.25, -0.2) is 4.98 Å². The maximum absolute atomic E-state index is 13.6. The second-order valence-corrected chi connectivity index (χ2v) is 9.73. The van der Waals surface area contributed by atoms with Crippen LogP contribution in [0.2, 0.25) is 5.02 Å². The number of fused-ring (bicyclic) bond motifs is 1. The summed E-state index contributed by atoms with van der Waals surface area (Å²) in [7, 11) is 0. The molecular weight excluding hydrogens is 440 g/mol. The third-order valence-corrected chi connectivity index (χ3v) is 7.21. The van der Waals surface area contributed by atoms with E-state index < -0.39 is 0 Å². The van der Waals surface area contributed by atoms with E-state index in [0.29, 0.717) is 29.7 Å². The Labute approximate surface area is 197 Å². The molecule has 7 heteroatoms. The van der Waals surface area contributed by atoms with Crippen LogP contribution in [-0.2, 0) is 17.8 Å². The topological polar surface area (TPSA) is 51.0 Å². The highest BCUT2D eigenvalue weighted by atomic mass is 35.5. The first-order valence-corrected chi connectivity index (χ1v) is 11.9. The van der Waals surface area contributed by atoms with E-state index in [1.807, 2.05) is 57.5 Å². The molecule has 0 atom stereocenters. The number of hydrogen-bond donors (Lipinski definition) is 0. The van der Waals surface area contributed by atoms with Gasteiger partial charge in [0.2, 0.25) is 5.91 Å². The number of carbonyl (C=O) groups excluding carboxylic acids is 1. The molecule has 0 bridgehead atoms. The Morgan fingerprint density at radius 2 is 1.88 bits per heavy atom. The number of halogens is 1. The minimum Gasteiger partial charge on any atom is -0.286 e. The molecule has 2 aromatic heterocycles. The Hall–Kier alpha value is -2.70. The van der Waals surface area contributed by atoms with Gasteiger partial charge >= 0.3 is 0 Å². The Kier molecular flexibility index (Phi) is 6.35. The van der Waals surface area contributed by atoms with Gasteiger partial charge < -0.3 is 0 Å². The van der Waals surface area contributed by atoms with Crippen molar-refractivity contribution < 1.29 is 4.79 Å². The number of aryl methyl sites for hydroxylation is 5. The first kappa shape index (κ1) is 22.5. The molecule has 0 aliphatic heterocycles. The lowest BCUT2D eigenvalue weighted by atomic mass is 10.0. The van der Waals surface area contributed by atoms with Crippen LogP contribution in [0.5, 0.6) is 0 Å². The quantitative estimate of drug-likeness (QED) is 0.352. The van der Waals surface area contributed by atoms with Crippen LogP contribution < -0.4 is 4.90 Å². The van der Waals surface area contributed by atoms with Gasteiger partial charge in [-0.05, 0) is 69.5 Å². The molecule has 0 aliphatic carbocycles. The standard InChI is InChI=1S/C25H27ClN4OS/c1-15-6-7-16(2)20(12-15)14-23(31)29(10-11-30-18(4)13-17(3)28-30)25-27-24-19(5)21(26)8-9-22(24)32-25/h6-9,12-13H,10-11,14H2,1-5H3. The van der Waals surface area contributed by atoms with Crippen molar-refractivity contribution in [2.75, 3.05) is 11.4 Å². The van der Waals surface area contributed by atoms with Crippen LogP contribution in [0.3, 0.4) is 0 Å². The highest BCUT2D eigenvalue weighted by Crippen LogP contribution is 2.34. The average Bonchev–Trinajstić information content (AvgIpc) is 3.31. The molecule has 5 nitrogen and oxygen atoms in total. The van der Waals surface area contributed by atoms with Crippen molar-refractivity contribution in [2.24, 2.45) is 0 Å². The van der Waals surface area contributed by atoms with Gasteiger partial charge in [-0.15, -0.1) is 0 Å². The molecule has 0 saturated heterocycles. The first-order valence-electron chi connectivity index (χ1n) is 10.7. The van der Waals surface area contributed by atoms with Gasteiger partial charge in [0.05, 0.1) is 28.9 Å². The van der Waals surface area contributed by atoms with E-state index in [-0.39, 0.29) is 5.91 Å². The Morgan fingerprint density at radius 1 is 1.09 bits per heavy atom. The van der Waals surface area contributed by atoms with Crippen molar-refractivity contribution in [1.82, 2.24) is 14.8 Å². The van der Waals surface area contributed by atoms with E-state index in [2.05, 4.69) is 23.3 Å². The van der Waals surface area contributed by atoms with E-state index in [1.54, 1.807) is 4.90 Å². The smallest absolute Gasteiger partial charge is 0.233 e. The SMILES string of the molecule is Cc1ccc(C)c(CC(=O)N(CCn2nc(C)cc2C)c2nc3c(C)c(Cl)ccc3s2)c1. The molecule has 0 unspecified atom stereocenters. The Balaban J connectivity index is 1.68. The molecule has 4 rings (SSSR count). The predicted octanol–water partition coefficient (Wildman–Crippen LogP) is 5.96. The number of nitrogens with zero attached hydrogens (tertiary/aromatic N) is 4. The summed E-state index contributed by atoms with van der Waals surface area (Å²) in [4.78, 5) is 20.2. The number of benzene rings is 2. The third kappa shape index (κ3) is 4.57. The summed E-state index contributed by atoms with van der Waals surface area (Å²) in [6, 6.07) is 12.1. The lowest BCUT2D eigenvalue weighted by molar-refractivity contribution is -0.118. The molecule has 0 spiro atoms. The fourth-order valence-electron chi connectivity index (χ4n) is 3.88. The number of thiazole rings is 1.